The molecule has 1 aromatic carbocycles. The fraction of sp³-hybridized carbons (Fsp3) is 0.333. The summed E-state index contributed by atoms with van der Waals surface area (Å²) in [5.41, 5.74) is 1.16. The van der Waals surface area contributed by atoms with Crippen LogP contribution in [-0.2, 0) is 0 Å². The number of hydrogen-bond acceptors (Lipinski definition) is 1. The molecule has 1 unspecified atom stereocenters. The number of rotatable bonds is 2. The van der Waals surface area contributed by atoms with Crippen molar-refractivity contribution >= 4 is 15.9 Å². The van der Waals surface area contributed by atoms with Crippen molar-refractivity contribution in [1.29, 1.82) is 0 Å². The molecule has 1 rings (SSSR count). The third-order valence-corrected chi connectivity index (χ3v) is 2.36. The van der Waals surface area contributed by atoms with Gasteiger partial charge in [-0.25, -0.2) is 4.39 Å². The molecule has 0 aromatic heterocycles. The molecule has 0 aliphatic heterocycles. The Labute approximate surface area is 79.4 Å². The van der Waals surface area contributed by atoms with Gasteiger partial charge in [0.1, 0.15) is 5.82 Å². The lowest BCUT2D eigenvalue weighted by atomic mass is 10.0. The highest BCUT2D eigenvalue weighted by Gasteiger charge is 2.13. The summed E-state index contributed by atoms with van der Waals surface area (Å²) in [4.78, 5) is 0. The van der Waals surface area contributed by atoms with E-state index in [9.17, 15) is 9.50 Å². The third kappa shape index (κ3) is 1.84. The van der Waals surface area contributed by atoms with Gasteiger partial charge in [-0.3, -0.25) is 0 Å². The van der Waals surface area contributed by atoms with E-state index in [4.69, 9.17) is 0 Å². The molecule has 66 valence electrons. The van der Waals surface area contributed by atoms with E-state index in [0.717, 1.165) is 5.56 Å². The maximum absolute atomic E-state index is 13.1. The van der Waals surface area contributed by atoms with E-state index in [1.807, 2.05) is 0 Å². The lowest BCUT2D eigenvalue weighted by Gasteiger charge is -2.11. The first-order chi connectivity index (χ1) is 5.66. The lowest BCUT2D eigenvalue weighted by molar-refractivity contribution is 0.199. The van der Waals surface area contributed by atoms with Crippen molar-refractivity contribution in [3.05, 3.63) is 35.1 Å². The van der Waals surface area contributed by atoms with E-state index in [1.54, 1.807) is 19.1 Å². The van der Waals surface area contributed by atoms with Crippen LogP contribution in [0.15, 0.2) is 18.2 Å². The minimum absolute atomic E-state index is 0.345. The molecule has 0 saturated heterocycles. The summed E-state index contributed by atoms with van der Waals surface area (Å²) in [6.07, 6.45) is -0.758. The second-order valence-electron chi connectivity index (χ2n) is 2.64. The molecule has 0 saturated carbocycles. The van der Waals surface area contributed by atoms with Crippen LogP contribution in [0.3, 0.4) is 0 Å². The van der Waals surface area contributed by atoms with Crippen molar-refractivity contribution in [2.24, 2.45) is 0 Å². The fourth-order valence-electron chi connectivity index (χ4n) is 1.14. The topological polar surface area (TPSA) is 20.2 Å². The number of aliphatic hydroxyl groups is 1. The van der Waals surface area contributed by atoms with E-state index in [-0.39, 0.29) is 5.82 Å². The van der Waals surface area contributed by atoms with Crippen molar-refractivity contribution in [3.8, 4) is 0 Å². The van der Waals surface area contributed by atoms with E-state index < -0.39 is 6.10 Å². The average Bonchev–Trinajstić information content (AvgIpc) is 2.03. The normalized spacial score (nSPS) is 13.0. The highest BCUT2D eigenvalue weighted by atomic mass is 79.9. The van der Waals surface area contributed by atoms with Gasteiger partial charge in [-0.1, -0.05) is 28.1 Å². The molecule has 0 spiro atoms. The van der Waals surface area contributed by atoms with Crippen molar-refractivity contribution in [1.82, 2.24) is 0 Å². The van der Waals surface area contributed by atoms with Crippen LogP contribution in [0, 0.1) is 12.7 Å². The number of hydrogen-bond donors (Lipinski definition) is 1. The Morgan fingerprint density at radius 2 is 2.25 bits per heavy atom. The zero-order chi connectivity index (χ0) is 9.14. The number of halogens is 2. The highest BCUT2D eigenvalue weighted by molar-refractivity contribution is 9.09. The van der Waals surface area contributed by atoms with Crippen LogP contribution in [-0.4, -0.2) is 10.4 Å². The maximum Gasteiger partial charge on any atom is 0.129 e. The first-order valence-corrected chi connectivity index (χ1v) is 4.78. The fourth-order valence-corrected chi connectivity index (χ4v) is 1.47. The molecular weight excluding hydrogens is 223 g/mol. The summed E-state index contributed by atoms with van der Waals surface area (Å²) in [5.74, 6) is -0.345. The van der Waals surface area contributed by atoms with Crippen molar-refractivity contribution in [2.45, 2.75) is 13.0 Å². The van der Waals surface area contributed by atoms with Crippen molar-refractivity contribution in [3.63, 3.8) is 0 Å². The second kappa shape index (κ2) is 4.01. The summed E-state index contributed by atoms with van der Waals surface area (Å²) in [5, 5.41) is 9.76. The third-order valence-electron chi connectivity index (χ3n) is 1.75. The molecule has 0 aliphatic rings. The Balaban J connectivity index is 3.12. The Kier molecular flexibility index (Phi) is 3.23. The van der Waals surface area contributed by atoms with Gasteiger partial charge in [-0.05, 0) is 18.6 Å². The average molecular weight is 233 g/mol. The zero-order valence-corrected chi connectivity index (χ0v) is 8.31. The molecule has 12 heavy (non-hydrogen) atoms. The van der Waals surface area contributed by atoms with Crippen LogP contribution in [0.5, 0.6) is 0 Å². The van der Waals surface area contributed by atoms with Gasteiger partial charge in [0.05, 0.1) is 6.10 Å². The first-order valence-electron chi connectivity index (χ1n) is 3.66. The Bertz CT molecular complexity index is 255. The van der Waals surface area contributed by atoms with Crippen LogP contribution in [0.4, 0.5) is 4.39 Å². The first kappa shape index (κ1) is 9.68. The Morgan fingerprint density at radius 1 is 1.58 bits per heavy atom. The van der Waals surface area contributed by atoms with E-state index >= 15 is 0 Å². The van der Waals surface area contributed by atoms with E-state index in [1.165, 1.54) is 6.07 Å². The second-order valence-corrected chi connectivity index (χ2v) is 3.29. The SMILES string of the molecule is Cc1cccc(F)c1C(O)CBr. The number of benzene rings is 1. The van der Waals surface area contributed by atoms with Crippen LogP contribution >= 0.6 is 15.9 Å². The molecule has 0 amide bonds. The van der Waals surface area contributed by atoms with Gasteiger partial charge in [0.2, 0.25) is 0 Å². The van der Waals surface area contributed by atoms with Gasteiger partial charge in [-0.15, -0.1) is 0 Å². The molecular formula is C9H10BrFO. The van der Waals surface area contributed by atoms with Crippen molar-refractivity contribution in [2.75, 3.05) is 5.33 Å². The molecule has 1 atom stereocenters. The molecule has 1 aromatic rings. The van der Waals surface area contributed by atoms with Crippen LogP contribution in [0.1, 0.15) is 17.2 Å². The summed E-state index contributed by atoms with van der Waals surface area (Å²) in [6, 6.07) is 4.77. The number of aryl methyl sites for hydroxylation is 1. The standard InChI is InChI=1S/C9H10BrFO/c1-6-3-2-4-7(11)9(6)8(12)5-10/h2-4,8,12H,5H2,1H3. The molecule has 0 aliphatic carbocycles. The smallest absolute Gasteiger partial charge is 0.129 e. The minimum atomic E-state index is -0.758. The highest BCUT2D eigenvalue weighted by Crippen LogP contribution is 2.22. The Morgan fingerprint density at radius 3 is 2.75 bits per heavy atom. The van der Waals surface area contributed by atoms with Gasteiger partial charge in [0.15, 0.2) is 0 Å². The number of aliphatic hydroxyl groups excluding tert-OH is 1. The van der Waals surface area contributed by atoms with E-state index in [2.05, 4.69) is 15.9 Å². The van der Waals surface area contributed by atoms with Gasteiger partial charge in [-0.2, -0.15) is 0 Å². The zero-order valence-electron chi connectivity index (χ0n) is 6.72. The molecule has 1 nitrogen and oxygen atoms in total. The van der Waals surface area contributed by atoms with Gasteiger partial charge in [0, 0.05) is 10.9 Å². The maximum atomic E-state index is 13.1. The molecule has 0 fully saturated rings. The summed E-state index contributed by atoms with van der Waals surface area (Å²) >= 11 is 3.10. The number of alkyl halides is 1. The van der Waals surface area contributed by atoms with Gasteiger partial charge in [0.25, 0.3) is 0 Å². The van der Waals surface area contributed by atoms with Crippen LogP contribution in [0.25, 0.3) is 0 Å². The molecule has 0 radical (unpaired) electrons. The summed E-state index contributed by atoms with van der Waals surface area (Å²) in [7, 11) is 0. The van der Waals surface area contributed by atoms with Gasteiger partial charge < -0.3 is 5.11 Å². The predicted octanol–water partition coefficient (Wildman–Crippen LogP) is 2.56. The lowest BCUT2D eigenvalue weighted by Crippen LogP contribution is -2.03. The summed E-state index contributed by atoms with van der Waals surface area (Å²) in [6.45, 7) is 1.78. The minimum Gasteiger partial charge on any atom is -0.387 e. The van der Waals surface area contributed by atoms with Crippen molar-refractivity contribution < 1.29 is 9.50 Å². The van der Waals surface area contributed by atoms with E-state index in [0.29, 0.717) is 10.9 Å². The van der Waals surface area contributed by atoms with Crippen LogP contribution < -0.4 is 0 Å². The summed E-state index contributed by atoms with van der Waals surface area (Å²) < 4.78 is 13.1. The largest absolute Gasteiger partial charge is 0.387 e. The monoisotopic (exact) mass is 232 g/mol. The molecule has 3 heteroatoms. The van der Waals surface area contributed by atoms with Gasteiger partial charge >= 0.3 is 0 Å². The molecule has 0 heterocycles. The predicted molar refractivity (Wildman–Crippen MR) is 49.9 cm³/mol. The van der Waals surface area contributed by atoms with Crippen LogP contribution in [0.2, 0.25) is 0 Å². The molecule has 1 N–H and O–H groups in total. The Hall–Kier alpha value is -0.410. The quantitative estimate of drug-likeness (QED) is 0.778. The molecule has 0 bridgehead atoms.